The summed E-state index contributed by atoms with van der Waals surface area (Å²) < 4.78 is 5.16. The Bertz CT molecular complexity index is 327. The molecule has 0 spiro atoms. The average molecular weight is 176 g/mol. The fraction of sp³-hybridized carbons (Fsp3) is 0.182. The summed E-state index contributed by atoms with van der Waals surface area (Å²) in [6.07, 6.45) is 3.93. The Hall–Kier alpha value is -1.57. The third kappa shape index (κ3) is 2.44. The minimum atomic E-state index is 0.749. The number of ether oxygens (including phenoxy) is 1. The van der Waals surface area contributed by atoms with E-state index in [0.717, 1.165) is 23.2 Å². The second kappa shape index (κ2) is 4.45. The van der Waals surface area contributed by atoms with Crippen molar-refractivity contribution in [3.05, 3.63) is 35.4 Å². The third-order valence-electron chi connectivity index (χ3n) is 1.74. The van der Waals surface area contributed by atoms with Crippen molar-refractivity contribution in [2.75, 3.05) is 7.11 Å². The molecule has 1 aromatic rings. The molecule has 2 nitrogen and oxygen atoms in total. The van der Waals surface area contributed by atoms with Crippen LogP contribution in [0.15, 0.2) is 24.3 Å². The number of hydrogen-bond acceptors (Lipinski definition) is 2. The highest BCUT2D eigenvalue weighted by Gasteiger charge is 1.98. The number of benzene rings is 1. The van der Waals surface area contributed by atoms with E-state index in [0.29, 0.717) is 0 Å². The van der Waals surface area contributed by atoms with Crippen LogP contribution in [0.2, 0.25) is 0 Å². The first-order valence-electron chi connectivity index (χ1n) is 4.04. The van der Waals surface area contributed by atoms with E-state index in [1.807, 2.05) is 25.1 Å². The number of aldehydes is 1. The minimum Gasteiger partial charge on any atom is -0.496 e. The summed E-state index contributed by atoms with van der Waals surface area (Å²) in [5.41, 5.74) is 2.06. The van der Waals surface area contributed by atoms with Crippen LogP contribution in [0.5, 0.6) is 5.75 Å². The standard InChI is InChI=1S/C11H12O2/c1-9-5-6-10(4-3-7-12)11(8-9)13-2/h3-8H,1-2H3/b4-3+. The summed E-state index contributed by atoms with van der Waals surface area (Å²) in [5.74, 6) is 0.790. The van der Waals surface area contributed by atoms with Gasteiger partial charge in [-0.05, 0) is 30.7 Å². The summed E-state index contributed by atoms with van der Waals surface area (Å²) >= 11 is 0. The third-order valence-corrected chi connectivity index (χ3v) is 1.74. The normalized spacial score (nSPS) is 10.3. The monoisotopic (exact) mass is 176 g/mol. The molecule has 0 saturated carbocycles. The maximum absolute atomic E-state index is 10.1. The lowest BCUT2D eigenvalue weighted by atomic mass is 10.1. The van der Waals surface area contributed by atoms with E-state index in [2.05, 4.69) is 0 Å². The Morgan fingerprint density at radius 1 is 1.38 bits per heavy atom. The van der Waals surface area contributed by atoms with Crippen molar-refractivity contribution in [2.45, 2.75) is 6.92 Å². The predicted molar refractivity (Wildman–Crippen MR) is 52.8 cm³/mol. The van der Waals surface area contributed by atoms with Crippen LogP contribution >= 0.6 is 0 Å². The molecular formula is C11H12O2. The number of hydrogen-bond donors (Lipinski definition) is 0. The van der Waals surface area contributed by atoms with Crippen LogP contribution in [-0.4, -0.2) is 13.4 Å². The molecule has 13 heavy (non-hydrogen) atoms. The zero-order valence-corrected chi connectivity index (χ0v) is 7.78. The molecule has 2 heteroatoms. The molecule has 0 atom stereocenters. The highest BCUT2D eigenvalue weighted by Crippen LogP contribution is 2.20. The highest BCUT2D eigenvalue weighted by molar-refractivity contribution is 5.75. The second-order valence-corrected chi connectivity index (χ2v) is 2.74. The summed E-state index contributed by atoms with van der Waals surface area (Å²) in [7, 11) is 1.62. The molecule has 0 bridgehead atoms. The molecular weight excluding hydrogens is 164 g/mol. The van der Waals surface area contributed by atoms with E-state index in [9.17, 15) is 4.79 Å². The number of carbonyl (C=O) groups is 1. The molecule has 0 unspecified atom stereocenters. The van der Waals surface area contributed by atoms with E-state index in [1.165, 1.54) is 6.08 Å². The molecule has 1 aromatic carbocycles. The van der Waals surface area contributed by atoms with Crippen LogP contribution in [0.3, 0.4) is 0 Å². The van der Waals surface area contributed by atoms with E-state index in [-0.39, 0.29) is 0 Å². The molecule has 0 amide bonds. The van der Waals surface area contributed by atoms with Gasteiger partial charge in [0.2, 0.25) is 0 Å². The average Bonchev–Trinajstić information content (AvgIpc) is 2.16. The molecule has 0 fully saturated rings. The van der Waals surface area contributed by atoms with Gasteiger partial charge >= 0.3 is 0 Å². The van der Waals surface area contributed by atoms with E-state index < -0.39 is 0 Å². The van der Waals surface area contributed by atoms with Gasteiger partial charge in [-0.2, -0.15) is 0 Å². The van der Waals surface area contributed by atoms with Gasteiger partial charge in [0.05, 0.1) is 7.11 Å². The largest absolute Gasteiger partial charge is 0.496 e. The number of methoxy groups -OCH3 is 1. The highest BCUT2D eigenvalue weighted by atomic mass is 16.5. The fourth-order valence-corrected chi connectivity index (χ4v) is 1.10. The Labute approximate surface area is 77.8 Å². The van der Waals surface area contributed by atoms with Crippen LogP contribution in [0.25, 0.3) is 6.08 Å². The van der Waals surface area contributed by atoms with Gasteiger partial charge in [-0.1, -0.05) is 12.1 Å². The van der Waals surface area contributed by atoms with Gasteiger partial charge in [0, 0.05) is 5.56 Å². The Kier molecular flexibility index (Phi) is 3.26. The quantitative estimate of drug-likeness (QED) is 0.521. The van der Waals surface area contributed by atoms with Crippen LogP contribution in [-0.2, 0) is 4.79 Å². The summed E-state index contributed by atoms with van der Waals surface area (Å²) in [6, 6.07) is 5.84. The summed E-state index contributed by atoms with van der Waals surface area (Å²) in [5, 5.41) is 0. The molecule has 0 N–H and O–H groups in total. The van der Waals surface area contributed by atoms with Crippen molar-refractivity contribution in [3.8, 4) is 5.75 Å². The molecule has 68 valence electrons. The first kappa shape index (κ1) is 9.52. The van der Waals surface area contributed by atoms with Gasteiger partial charge < -0.3 is 4.74 Å². The zero-order chi connectivity index (χ0) is 9.68. The molecule has 0 aliphatic heterocycles. The van der Waals surface area contributed by atoms with Gasteiger partial charge in [-0.3, -0.25) is 4.79 Å². The SMILES string of the molecule is COc1cc(C)ccc1/C=C/C=O. The van der Waals surface area contributed by atoms with Gasteiger partial charge in [0.15, 0.2) is 0 Å². The molecule has 0 heterocycles. The van der Waals surface area contributed by atoms with Crippen LogP contribution in [0, 0.1) is 6.92 Å². The Balaban J connectivity index is 3.05. The van der Waals surface area contributed by atoms with Crippen molar-refractivity contribution in [2.24, 2.45) is 0 Å². The number of carbonyl (C=O) groups excluding carboxylic acids is 1. The van der Waals surface area contributed by atoms with E-state index in [4.69, 9.17) is 4.74 Å². The maximum atomic E-state index is 10.1. The van der Waals surface area contributed by atoms with Crippen LogP contribution in [0.4, 0.5) is 0 Å². The smallest absolute Gasteiger partial charge is 0.142 e. The van der Waals surface area contributed by atoms with Crippen LogP contribution in [0.1, 0.15) is 11.1 Å². The molecule has 1 rings (SSSR count). The van der Waals surface area contributed by atoms with Gasteiger partial charge in [0.25, 0.3) is 0 Å². The zero-order valence-electron chi connectivity index (χ0n) is 7.78. The second-order valence-electron chi connectivity index (χ2n) is 2.74. The van der Waals surface area contributed by atoms with Gasteiger partial charge in [-0.25, -0.2) is 0 Å². The summed E-state index contributed by atoms with van der Waals surface area (Å²) in [6.45, 7) is 2.00. The number of allylic oxidation sites excluding steroid dienone is 1. The Morgan fingerprint density at radius 3 is 2.77 bits per heavy atom. The van der Waals surface area contributed by atoms with Crippen molar-refractivity contribution in [1.82, 2.24) is 0 Å². The molecule has 0 saturated heterocycles. The fourth-order valence-electron chi connectivity index (χ4n) is 1.10. The number of aryl methyl sites for hydroxylation is 1. The predicted octanol–water partition coefficient (Wildman–Crippen LogP) is 2.22. The lowest BCUT2D eigenvalue weighted by Crippen LogP contribution is -1.87. The number of rotatable bonds is 3. The van der Waals surface area contributed by atoms with E-state index in [1.54, 1.807) is 13.2 Å². The Morgan fingerprint density at radius 2 is 2.15 bits per heavy atom. The first-order valence-corrected chi connectivity index (χ1v) is 4.04. The van der Waals surface area contributed by atoms with Crippen molar-refractivity contribution in [3.63, 3.8) is 0 Å². The van der Waals surface area contributed by atoms with E-state index >= 15 is 0 Å². The lowest BCUT2D eigenvalue weighted by Gasteiger charge is -2.04. The van der Waals surface area contributed by atoms with Crippen molar-refractivity contribution >= 4 is 12.4 Å². The molecule has 0 radical (unpaired) electrons. The van der Waals surface area contributed by atoms with Gasteiger partial charge in [0.1, 0.15) is 12.0 Å². The van der Waals surface area contributed by atoms with Crippen molar-refractivity contribution < 1.29 is 9.53 Å². The summed E-state index contributed by atoms with van der Waals surface area (Å²) in [4.78, 5) is 10.1. The topological polar surface area (TPSA) is 26.3 Å². The molecule has 0 aliphatic carbocycles. The van der Waals surface area contributed by atoms with Gasteiger partial charge in [-0.15, -0.1) is 0 Å². The first-order chi connectivity index (χ1) is 6.27. The van der Waals surface area contributed by atoms with Crippen LogP contribution < -0.4 is 4.74 Å². The molecule has 0 aromatic heterocycles. The maximum Gasteiger partial charge on any atom is 0.142 e. The minimum absolute atomic E-state index is 0.749. The molecule has 0 aliphatic rings. The lowest BCUT2D eigenvalue weighted by molar-refractivity contribution is -0.104. The van der Waals surface area contributed by atoms with Crippen molar-refractivity contribution in [1.29, 1.82) is 0 Å².